The van der Waals surface area contributed by atoms with Gasteiger partial charge in [0, 0.05) is 24.0 Å². The summed E-state index contributed by atoms with van der Waals surface area (Å²) in [4.78, 5) is 20.1. The van der Waals surface area contributed by atoms with Crippen LogP contribution in [0.1, 0.15) is 29.6 Å². The quantitative estimate of drug-likeness (QED) is 0.622. The number of fused-ring (bicyclic) bond motifs is 1. The molecule has 0 spiro atoms. The highest BCUT2D eigenvalue weighted by Gasteiger charge is 2.22. The van der Waals surface area contributed by atoms with Crippen LogP contribution in [0.15, 0.2) is 42.5 Å². The van der Waals surface area contributed by atoms with Crippen molar-refractivity contribution in [2.45, 2.75) is 19.3 Å². The summed E-state index contributed by atoms with van der Waals surface area (Å²) in [5.74, 6) is 1.67. The molecule has 30 heavy (non-hydrogen) atoms. The topological polar surface area (TPSA) is 60.9 Å². The van der Waals surface area contributed by atoms with E-state index in [1.54, 1.807) is 21.3 Å². The molecule has 3 aromatic rings. The molecule has 1 fully saturated rings. The van der Waals surface area contributed by atoms with Crippen LogP contribution in [-0.2, 0) is 0 Å². The number of methoxy groups -OCH3 is 3. The number of nitrogens with zero attached hydrogens (tertiary/aromatic N) is 2. The highest BCUT2D eigenvalue weighted by atomic mass is 16.5. The van der Waals surface area contributed by atoms with E-state index in [9.17, 15) is 4.79 Å². The molecule has 1 saturated heterocycles. The maximum atomic E-state index is 13.4. The number of amides is 1. The fraction of sp³-hybridized carbons (Fsp3) is 0.333. The minimum Gasteiger partial charge on any atom is -0.493 e. The lowest BCUT2D eigenvalue weighted by Gasteiger charge is -2.27. The smallest absolute Gasteiger partial charge is 0.254 e. The average molecular weight is 406 g/mol. The van der Waals surface area contributed by atoms with Crippen LogP contribution in [-0.4, -0.2) is 50.2 Å². The highest BCUT2D eigenvalue weighted by Crippen LogP contribution is 2.41. The van der Waals surface area contributed by atoms with E-state index < -0.39 is 0 Å². The lowest BCUT2D eigenvalue weighted by Crippen LogP contribution is -2.35. The third-order valence-electron chi connectivity index (χ3n) is 5.55. The predicted octanol–water partition coefficient (Wildman–Crippen LogP) is 4.55. The highest BCUT2D eigenvalue weighted by molar-refractivity contribution is 6.07. The number of pyridine rings is 1. The summed E-state index contributed by atoms with van der Waals surface area (Å²) >= 11 is 0. The zero-order valence-electron chi connectivity index (χ0n) is 17.6. The van der Waals surface area contributed by atoms with Crippen LogP contribution < -0.4 is 14.2 Å². The summed E-state index contributed by atoms with van der Waals surface area (Å²) in [6.45, 7) is 1.60. The SMILES string of the molecule is COc1cc(-c2cc(C(=O)N3CCCCC3)c3ccccc3n2)cc(OC)c1OC. The Morgan fingerprint density at radius 1 is 0.900 bits per heavy atom. The minimum absolute atomic E-state index is 0.0574. The fourth-order valence-corrected chi connectivity index (χ4v) is 4.00. The largest absolute Gasteiger partial charge is 0.493 e. The molecule has 6 nitrogen and oxygen atoms in total. The Bertz CT molecular complexity index is 1050. The van der Waals surface area contributed by atoms with Crippen LogP contribution in [0, 0.1) is 0 Å². The normalized spacial score (nSPS) is 13.9. The van der Waals surface area contributed by atoms with Crippen molar-refractivity contribution in [2.24, 2.45) is 0 Å². The number of likely N-dealkylation sites (tertiary alicyclic amines) is 1. The number of carbonyl (C=O) groups excluding carboxylic acids is 1. The van der Waals surface area contributed by atoms with Gasteiger partial charge in [-0.05, 0) is 43.5 Å². The molecule has 0 saturated carbocycles. The van der Waals surface area contributed by atoms with E-state index >= 15 is 0 Å². The van der Waals surface area contributed by atoms with Crippen LogP contribution in [0.2, 0.25) is 0 Å². The number of benzene rings is 2. The third kappa shape index (κ3) is 3.65. The number of hydrogen-bond acceptors (Lipinski definition) is 5. The van der Waals surface area contributed by atoms with E-state index in [1.807, 2.05) is 47.4 Å². The Balaban J connectivity index is 1.87. The van der Waals surface area contributed by atoms with Gasteiger partial charge in [-0.2, -0.15) is 0 Å². The zero-order valence-corrected chi connectivity index (χ0v) is 17.6. The average Bonchev–Trinajstić information content (AvgIpc) is 2.82. The standard InChI is InChI=1S/C24H26N2O4/c1-28-21-13-16(14-22(29-2)23(21)30-3)20-15-18(17-9-5-6-10-19(17)25-20)24(27)26-11-7-4-8-12-26/h5-6,9-10,13-15H,4,7-8,11-12H2,1-3H3. The van der Waals surface area contributed by atoms with Crippen LogP contribution in [0.3, 0.4) is 0 Å². The first-order valence-electron chi connectivity index (χ1n) is 10.2. The van der Waals surface area contributed by atoms with Gasteiger partial charge < -0.3 is 19.1 Å². The van der Waals surface area contributed by atoms with E-state index in [0.717, 1.165) is 42.4 Å². The summed E-state index contributed by atoms with van der Waals surface area (Å²) in [7, 11) is 4.74. The number of piperidine rings is 1. The van der Waals surface area contributed by atoms with Gasteiger partial charge in [0.1, 0.15) is 0 Å². The molecule has 156 valence electrons. The van der Waals surface area contributed by atoms with Crippen LogP contribution >= 0.6 is 0 Å². The number of ether oxygens (including phenoxy) is 3. The first-order chi connectivity index (χ1) is 14.7. The third-order valence-corrected chi connectivity index (χ3v) is 5.55. The lowest BCUT2D eigenvalue weighted by molar-refractivity contribution is 0.0726. The lowest BCUT2D eigenvalue weighted by atomic mass is 10.0. The van der Waals surface area contributed by atoms with Crippen molar-refractivity contribution in [3.8, 4) is 28.5 Å². The van der Waals surface area contributed by atoms with E-state index in [4.69, 9.17) is 19.2 Å². The summed E-state index contributed by atoms with van der Waals surface area (Å²) < 4.78 is 16.4. The maximum absolute atomic E-state index is 13.4. The van der Waals surface area contributed by atoms with Gasteiger partial charge >= 0.3 is 0 Å². The van der Waals surface area contributed by atoms with Crippen molar-refractivity contribution in [3.05, 3.63) is 48.0 Å². The summed E-state index contributed by atoms with van der Waals surface area (Å²) in [5.41, 5.74) is 2.94. The Morgan fingerprint density at radius 3 is 2.20 bits per heavy atom. The monoisotopic (exact) mass is 406 g/mol. The second-order valence-electron chi connectivity index (χ2n) is 7.34. The molecule has 0 radical (unpaired) electrons. The number of rotatable bonds is 5. The summed E-state index contributed by atoms with van der Waals surface area (Å²) in [6, 6.07) is 13.4. The van der Waals surface area contributed by atoms with E-state index in [-0.39, 0.29) is 5.91 Å². The molecule has 4 rings (SSSR count). The van der Waals surface area contributed by atoms with Crippen molar-refractivity contribution in [1.29, 1.82) is 0 Å². The molecule has 0 bridgehead atoms. The van der Waals surface area contributed by atoms with Gasteiger partial charge in [0.25, 0.3) is 5.91 Å². The first-order valence-corrected chi connectivity index (χ1v) is 10.2. The van der Waals surface area contributed by atoms with E-state index in [1.165, 1.54) is 6.42 Å². The zero-order chi connectivity index (χ0) is 21.1. The van der Waals surface area contributed by atoms with Gasteiger partial charge in [0.05, 0.1) is 38.1 Å². The van der Waals surface area contributed by atoms with Crippen molar-refractivity contribution in [1.82, 2.24) is 9.88 Å². The Labute approximate surface area is 176 Å². The molecule has 2 aromatic carbocycles. The van der Waals surface area contributed by atoms with Crippen molar-refractivity contribution < 1.29 is 19.0 Å². The minimum atomic E-state index is 0.0574. The molecule has 1 aromatic heterocycles. The van der Waals surface area contributed by atoms with Crippen molar-refractivity contribution in [3.63, 3.8) is 0 Å². The van der Waals surface area contributed by atoms with Gasteiger partial charge in [-0.3, -0.25) is 4.79 Å². The molecule has 0 aliphatic carbocycles. The van der Waals surface area contributed by atoms with Gasteiger partial charge in [-0.15, -0.1) is 0 Å². The molecule has 0 atom stereocenters. The number of carbonyl (C=O) groups is 1. The molecular formula is C24H26N2O4. The number of hydrogen-bond donors (Lipinski definition) is 0. The molecule has 1 amide bonds. The van der Waals surface area contributed by atoms with Crippen molar-refractivity contribution >= 4 is 16.8 Å². The Kier molecular flexibility index (Phi) is 5.74. The molecule has 0 unspecified atom stereocenters. The molecular weight excluding hydrogens is 380 g/mol. The van der Waals surface area contributed by atoms with Crippen LogP contribution in [0.4, 0.5) is 0 Å². The Hall–Kier alpha value is -3.28. The molecule has 0 N–H and O–H groups in total. The summed E-state index contributed by atoms with van der Waals surface area (Å²) in [6.07, 6.45) is 3.28. The predicted molar refractivity (Wildman–Crippen MR) is 117 cm³/mol. The Morgan fingerprint density at radius 2 is 1.57 bits per heavy atom. The molecule has 1 aliphatic heterocycles. The van der Waals surface area contributed by atoms with Gasteiger partial charge in [0.2, 0.25) is 5.75 Å². The van der Waals surface area contributed by atoms with Crippen LogP contribution in [0.5, 0.6) is 17.2 Å². The van der Waals surface area contributed by atoms with Gasteiger partial charge in [0.15, 0.2) is 11.5 Å². The van der Waals surface area contributed by atoms with Gasteiger partial charge in [-0.1, -0.05) is 18.2 Å². The van der Waals surface area contributed by atoms with Gasteiger partial charge in [-0.25, -0.2) is 4.98 Å². The van der Waals surface area contributed by atoms with Crippen molar-refractivity contribution in [2.75, 3.05) is 34.4 Å². The second kappa shape index (κ2) is 8.61. The molecule has 2 heterocycles. The maximum Gasteiger partial charge on any atom is 0.254 e. The fourth-order valence-electron chi connectivity index (χ4n) is 4.00. The number of para-hydroxylation sites is 1. The van der Waals surface area contributed by atoms with E-state index in [0.29, 0.717) is 28.5 Å². The van der Waals surface area contributed by atoms with E-state index in [2.05, 4.69) is 0 Å². The first kappa shape index (κ1) is 20.0. The second-order valence-corrected chi connectivity index (χ2v) is 7.34. The molecule has 6 heteroatoms. The summed E-state index contributed by atoms with van der Waals surface area (Å²) in [5, 5.41) is 0.865. The molecule has 1 aliphatic rings. The van der Waals surface area contributed by atoms with Crippen LogP contribution in [0.25, 0.3) is 22.2 Å². The number of aromatic nitrogens is 1.